The summed E-state index contributed by atoms with van der Waals surface area (Å²) in [5, 5.41) is 14.7. The molecule has 0 radical (unpaired) electrons. The summed E-state index contributed by atoms with van der Waals surface area (Å²) in [6.07, 6.45) is 5.04. The number of rotatable bonds is 9. The Morgan fingerprint density at radius 3 is 2.70 bits per heavy atom. The van der Waals surface area contributed by atoms with Crippen molar-refractivity contribution in [1.29, 1.82) is 0 Å². The molecule has 5 heteroatoms. The predicted molar refractivity (Wildman–Crippen MR) is 81.7 cm³/mol. The molecule has 1 aromatic heterocycles. The minimum atomic E-state index is 0.0199. The van der Waals surface area contributed by atoms with Gasteiger partial charge in [-0.15, -0.1) is 0 Å². The number of nitrogens with one attached hydrogen (secondary N) is 2. The van der Waals surface area contributed by atoms with Gasteiger partial charge in [0.25, 0.3) is 0 Å². The summed E-state index contributed by atoms with van der Waals surface area (Å²) in [5.41, 5.74) is 0.724. The first-order valence-electron chi connectivity index (χ1n) is 7.22. The third-order valence-corrected chi connectivity index (χ3v) is 2.78. The average molecular weight is 279 g/mol. The molecule has 0 unspecified atom stereocenters. The number of aliphatic hydroxyl groups excluding tert-OH is 1. The Bertz CT molecular complexity index is 391. The number of aromatic nitrogens is 1. The standard InChI is InChI=1S/C15H25N3O2/c1-12(2)10-15(20)18-13-6-7-14(17-11-13)16-8-4-3-5-9-19/h6-7,11-12,19H,3-5,8-10H2,1-2H3,(H,16,17)(H,18,20). The quantitative estimate of drug-likeness (QED) is 0.607. The van der Waals surface area contributed by atoms with Gasteiger partial charge in [-0.3, -0.25) is 4.79 Å². The molecule has 0 aliphatic heterocycles. The second-order valence-corrected chi connectivity index (χ2v) is 5.29. The van der Waals surface area contributed by atoms with Gasteiger partial charge >= 0.3 is 0 Å². The molecular weight excluding hydrogens is 254 g/mol. The van der Waals surface area contributed by atoms with E-state index in [0.717, 1.165) is 37.3 Å². The second kappa shape index (κ2) is 9.31. The van der Waals surface area contributed by atoms with Gasteiger partial charge in [-0.2, -0.15) is 0 Å². The summed E-state index contributed by atoms with van der Waals surface area (Å²) < 4.78 is 0. The molecule has 0 aliphatic carbocycles. The van der Waals surface area contributed by atoms with E-state index in [2.05, 4.69) is 15.6 Å². The molecule has 0 fully saturated rings. The van der Waals surface area contributed by atoms with Crippen LogP contribution in [0.25, 0.3) is 0 Å². The third kappa shape index (κ3) is 7.09. The van der Waals surface area contributed by atoms with Gasteiger partial charge in [-0.1, -0.05) is 13.8 Å². The fraction of sp³-hybridized carbons (Fsp3) is 0.600. The Labute approximate surface area is 120 Å². The summed E-state index contributed by atoms with van der Waals surface area (Å²) in [4.78, 5) is 15.9. The van der Waals surface area contributed by atoms with Crippen LogP contribution in [0.15, 0.2) is 18.3 Å². The van der Waals surface area contributed by atoms with Crippen LogP contribution in [0.4, 0.5) is 11.5 Å². The van der Waals surface area contributed by atoms with Crippen LogP contribution in [0.3, 0.4) is 0 Å². The smallest absolute Gasteiger partial charge is 0.224 e. The van der Waals surface area contributed by atoms with E-state index >= 15 is 0 Å². The number of anilines is 2. The van der Waals surface area contributed by atoms with Crippen molar-refractivity contribution in [3.63, 3.8) is 0 Å². The summed E-state index contributed by atoms with van der Waals surface area (Å²) in [5.74, 6) is 1.17. The maximum atomic E-state index is 11.6. The number of unbranched alkanes of at least 4 members (excludes halogenated alkanes) is 2. The van der Waals surface area contributed by atoms with Crippen molar-refractivity contribution in [2.45, 2.75) is 39.5 Å². The molecule has 1 heterocycles. The lowest BCUT2D eigenvalue weighted by Gasteiger charge is -2.08. The van der Waals surface area contributed by atoms with E-state index < -0.39 is 0 Å². The fourth-order valence-electron chi connectivity index (χ4n) is 1.79. The minimum absolute atomic E-state index is 0.0199. The molecule has 20 heavy (non-hydrogen) atoms. The monoisotopic (exact) mass is 279 g/mol. The maximum absolute atomic E-state index is 11.6. The number of carbonyl (C=O) groups excluding carboxylic acids is 1. The Balaban J connectivity index is 2.31. The molecular formula is C15H25N3O2. The van der Waals surface area contributed by atoms with E-state index in [4.69, 9.17) is 5.11 Å². The summed E-state index contributed by atoms with van der Waals surface area (Å²) in [7, 11) is 0. The average Bonchev–Trinajstić information content (AvgIpc) is 2.39. The molecule has 0 atom stereocenters. The van der Waals surface area contributed by atoms with Crippen molar-refractivity contribution in [3.8, 4) is 0 Å². The Morgan fingerprint density at radius 2 is 2.10 bits per heavy atom. The van der Waals surface area contributed by atoms with E-state index in [-0.39, 0.29) is 12.5 Å². The van der Waals surface area contributed by atoms with Crippen molar-refractivity contribution < 1.29 is 9.90 Å². The first-order chi connectivity index (χ1) is 9.61. The van der Waals surface area contributed by atoms with Gasteiger partial charge in [0.05, 0.1) is 11.9 Å². The molecule has 1 amide bonds. The third-order valence-electron chi connectivity index (χ3n) is 2.78. The zero-order valence-electron chi connectivity index (χ0n) is 12.4. The van der Waals surface area contributed by atoms with Gasteiger partial charge in [0.15, 0.2) is 0 Å². The highest BCUT2D eigenvalue weighted by molar-refractivity contribution is 5.90. The zero-order valence-corrected chi connectivity index (χ0v) is 12.4. The summed E-state index contributed by atoms with van der Waals surface area (Å²) in [6, 6.07) is 3.71. The predicted octanol–water partition coefficient (Wildman–Crippen LogP) is 2.64. The number of carbonyl (C=O) groups is 1. The highest BCUT2D eigenvalue weighted by Gasteiger charge is 2.05. The van der Waals surface area contributed by atoms with Crippen LogP contribution in [0.1, 0.15) is 39.5 Å². The fourth-order valence-corrected chi connectivity index (χ4v) is 1.79. The van der Waals surface area contributed by atoms with Crippen LogP contribution >= 0.6 is 0 Å². The first kappa shape index (κ1) is 16.4. The minimum Gasteiger partial charge on any atom is -0.396 e. The number of pyridine rings is 1. The number of nitrogens with zero attached hydrogens (tertiary/aromatic N) is 1. The molecule has 0 spiro atoms. The molecule has 5 nitrogen and oxygen atoms in total. The van der Waals surface area contributed by atoms with Crippen LogP contribution in [0, 0.1) is 5.92 Å². The van der Waals surface area contributed by atoms with Gasteiger partial charge in [0.2, 0.25) is 5.91 Å². The molecule has 0 aromatic carbocycles. The van der Waals surface area contributed by atoms with E-state index in [1.165, 1.54) is 0 Å². The molecule has 0 aliphatic rings. The SMILES string of the molecule is CC(C)CC(=O)Nc1ccc(NCCCCCO)nc1. The van der Waals surface area contributed by atoms with Crippen LogP contribution < -0.4 is 10.6 Å². The molecule has 0 bridgehead atoms. The lowest BCUT2D eigenvalue weighted by atomic mass is 10.1. The van der Waals surface area contributed by atoms with Crippen LogP contribution in [-0.2, 0) is 4.79 Å². The number of hydrogen-bond acceptors (Lipinski definition) is 4. The number of hydrogen-bond donors (Lipinski definition) is 3. The molecule has 3 N–H and O–H groups in total. The molecule has 0 saturated heterocycles. The molecule has 1 rings (SSSR count). The second-order valence-electron chi connectivity index (χ2n) is 5.29. The lowest BCUT2D eigenvalue weighted by Crippen LogP contribution is -2.14. The zero-order chi connectivity index (χ0) is 14.8. The van der Waals surface area contributed by atoms with Gasteiger partial charge < -0.3 is 15.7 Å². The van der Waals surface area contributed by atoms with Crippen LogP contribution in [0.2, 0.25) is 0 Å². The Hall–Kier alpha value is -1.62. The van der Waals surface area contributed by atoms with Gasteiger partial charge in [-0.25, -0.2) is 4.98 Å². The normalized spacial score (nSPS) is 10.6. The molecule has 0 saturated carbocycles. The number of aliphatic hydroxyl groups is 1. The van der Waals surface area contributed by atoms with E-state index in [0.29, 0.717) is 12.3 Å². The van der Waals surface area contributed by atoms with Crippen molar-refractivity contribution in [3.05, 3.63) is 18.3 Å². The summed E-state index contributed by atoms with van der Waals surface area (Å²) in [6.45, 7) is 5.12. The van der Waals surface area contributed by atoms with E-state index in [1.807, 2.05) is 26.0 Å². The Kier molecular flexibility index (Phi) is 7.65. The lowest BCUT2D eigenvalue weighted by molar-refractivity contribution is -0.116. The molecule has 112 valence electrons. The number of amides is 1. The maximum Gasteiger partial charge on any atom is 0.224 e. The van der Waals surface area contributed by atoms with Crippen molar-refractivity contribution in [1.82, 2.24) is 4.98 Å². The van der Waals surface area contributed by atoms with Crippen molar-refractivity contribution in [2.75, 3.05) is 23.8 Å². The van der Waals surface area contributed by atoms with Gasteiger partial charge in [0.1, 0.15) is 5.82 Å². The highest BCUT2D eigenvalue weighted by atomic mass is 16.2. The van der Waals surface area contributed by atoms with Gasteiger partial charge in [0, 0.05) is 19.6 Å². The van der Waals surface area contributed by atoms with Crippen molar-refractivity contribution in [2.24, 2.45) is 5.92 Å². The van der Waals surface area contributed by atoms with E-state index in [1.54, 1.807) is 6.20 Å². The highest BCUT2D eigenvalue weighted by Crippen LogP contribution is 2.11. The van der Waals surface area contributed by atoms with Crippen LogP contribution in [-0.4, -0.2) is 29.1 Å². The largest absolute Gasteiger partial charge is 0.396 e. The van der Waals surface area contributed by atoms with Crippen molar-refractivity contribution >= 4 is 17.4 Å². The van der Waals surface area contributed by atoms with Crippen LogP contribution in [0.5, 0.6) is 0 Å². The molecule has 1 aromatic rings. The van der Waals surface area contributed by atoms with E-state index in [9.17, 15) is 4.79 Å². The first-order valence-corrected chi connectivity index (χ1v) is 7.22. The topological polar surface area (TPSA) is 74.2 Å². The van der Waals surface area contributed by atoms with Gasteiger partial charge in [-0.05, 0) is 37.3 Å². The Morgan fingerprint density at radius 1 is 1.30 bits per heavy atom. The summed E-state index contributed by atoms with van der Waals surface area (Å²) >= 11 is 0.